The summed E-state index contributed by atoms with van der Waals surface area (Å²) in [5.41, 5.74) is 1.43. The van der Waals surface area contributed by atoms with Crippen molar-refractivity contribution < 1.29 is 0 Å². The Bertz CT molecular complexity index is 567. The highest BCUT2D eigenvalue weighted by Crippen LogP contribution is 2.20. The minimum absolute atomic E-state index is 0.0463. The molecule has 26 heavy (non-hydrogen) atoms. The van der Waals surface area contributed by atoms with Crippen LogP contribution in [0.1, 0.15) is 39.7 Å². The molecule has 5 nitrogen and oxygen atoms in total. The molecule has 0 spiro atoms. The molecule has 146 valence electrons. The Morgan fingerprint density at radius 3 is 2.58 bits per heavy atom. The molecule has 0 aliphatic carbocycles. The summed E-state index contributed by atoms with van der Waals surface area (Å²) in [5, 5.41) is 7.06. The van der Waals surface area contributed by atoms with E-state index in [2.05, 4.69) is 92.6 Å². The fraction of sp³-hybridized carbons (Fsp3) is 0.667. The number of guanidine groups is 1. The molecule has 0 amide bonds. The van der Waals surface area contributed by atoms with Gasteiger partial charge in [0.1, 0.15) is 0 Å². The average molecular weight is 360 g/mol. The van der Waals surface area contributed by atoms with Crippen LogP contribution in [0.15, 0.2) is 35.3 Å². The molecule has 2 atom stereocenters. The SMILES string of the molecule is CCNC(=NCC(C)(C)N(C)C)NC1CC(C)N(Cc2ccccc2)C1. The number of likely N-dealkylation sites (tertiary alicyclic amines) is 1. The quantitative estimate of drug-likeness (QED) is 0.580. The highest BCUT2D eigenvalue weighted by atomic mass is 15.3. The molecule has 0 saturated carbocycles. The number of aliphatic imine (C=N–C) groups is 1. The van der Waals surface area contributed by atoms with Crippen molar-refractivity contribution >= 4 is 5.96 Å². The Hall–Kier alpha value is -1.59. The molecule has 2 N–H and O–H groups in total. The van der Waals surface area contributed by atoms with Crippen molar-refractivity contribution in [2.45, 2.75) is 58.3 Å². The van der Waals surface area contributed by atoms with Gasteiger partial charge >= 0.3 is 0 Å². The summed E-state index contributed by atoms with van der Waals surface area (Å²) >= 11 is 0. The summed E-state index contributed by atoms with van der Waals surface area (Å²) < 4.78 is 0. The summed E-state index contributed by atoms with van der Waals surface area (Å²) in [5.74, 6) is 0.932. The zero-order valence-corrected chi connectivity index (χ0v) is 17.4. The number of likely N-dealkylation sites (N-methyl/N-ethyl adjacent to an activating group) is 1. The van der Waals surface area contributed by atoms with E-state index in [4.69, 9.17) is 4.99 Å². The van der Waals surface area contributed by atoms with Crippen LogP contribution in [-0.2, 0) is 6.54 Å². The maximum Gasteiger partial charge on any atom is 0.191 e. The molecule has 1 heterocycles. The molecule has 0 bridgehead atoms. The summed E-state index contributed by atoms with van der Waals surface area (Å²) in [6.07, 6.45) is 1.15. The van der Waals surface area contributed by atoms with Gasteiger partial charge in [-0.25, -0.2) is 0 Å². The van der Waals surface area contributed by atoms with E-state index >= 15 is 0 Å². The molecular weight excluding hydrogens is 322 g/mol. The van der Waals surface area contributed by atoms with Crippen LogP contribution in [0.2, 0.25) is 0 Å². The van der Waals surface area contributed by atoms with Crippen molar-refractivity contribution in [1.29, 1.82) is 0 Å². The van der Waals surface area contributed by atoms with Crippen LogP contribution in [0.3, 0.4) is 0 Å². The van der Waals surface area contributed by atoms with Gasteiger partial charge in [0.2, 0.25) is 0 Å². The van der Waals surface area contributed by atoms with Crippen LogP contribution in [-0.4, -0.2) is 67.1 Å². The molecule has 2 unspecified atom stereocenters. The topological polar surface area (TPSA) is 42.9 Å². The second kappa shape index (κ2) is 9.38. The van der Waals surface area contributed by atoms with E-state index in [1.165, 1.54) is 5.56 Å². The molecule has 1 aliphatic heterocycles. The molecule has 1 aliphatic rings. The molecule has 5 heteroatoms. The van der Waals surface area contributed by atoms with Gasteiger partial charge in [0.15, 0.2) is 5.96 Å². The van der Waals surface area contributed by atoms with Crippen LogP contribution in [0, 0.1) is 0 Å². The predicted molar refractivity (Wildman–Crippen MR) is 112 cm³/mol. The highest BCUT2D eigenvalue weighted by Gasteiger charge is 2.29. The van der Waals surface area contributed by atoms with Crippen molar-refractivity contribution in [3.05, 3.63) is 35.9 Å². The van der Waals surface area contributed by atoms with E-state index in [-0.39, 0.29) is 5.54 Å². The van der Waals surface area contributed by atoms with Gasteiger partial charge in [0.05, 0.1) is 6.54 Å². The second-order valence-corrected chi connectivity index (χ2v) is 8.24. The highest BCUT2D eigenvalue weighted by molar-refractivity contribution is 5.80. The lowest BCUT2D eigenvalue weighted by atomic mass is 10.1. The zero-order valence-electron chi connectivity index (χ0n) is 17.4. The zero-order chi connectivity index (χ0) is 19.2. The monoisotopic (exact) mass is 359 g/mol. The maximum absolute atomic E-state index is 4.84. The predicted octanol–water partition coefficient (Wildman–Crippen LogP) is 2.54. The maximum atomic E-state index is 4.84. The first-order valence-corrected chi connectivity index (χ1v) is 9.82. The smallest absolute Gasteiger partial charge is 0.191 e. The molecule has 1 fully saturated rings. The first-order chi connectivity index (χ1) is 12.3. The Morgan fingerprint density at radius 2 is 1.96 bits per heavy atom. The van der Waals surface area contributed by atoms with E-state index in [1.54, 1.807) is 0 Å². The van der Waals surface area contributed by atoms with Gasteiger partial charge in [0.25, 0.3) is 0 Å². The van der Waals surface area contributed by atoms with Gasteiger partial charge < -0.3 is 15.5 Å². The first-order valence-electron chi connectivity index (χ1n) is 9.82. The minimum atomic E-state index is 0.0463. The number of nitrogens with zero attached hydrogens (tertiary/aromatic N) is 3. The third-order valence-electron chi connectivity index (χ3n) is 5.45. The lowest BCUT2D eigenvalue weighted by Crippen LogP contribution is -2.47. The van der Waals surface area contributed by atoms with Crippen LogP contribution in [0.5, 0.6) is 0 Å². The minimum Gasteiger partial charge on any atom is -0.357 e. The Kier molecular flexibility index (Phi) is 7.47. The van der Waals surface area contributed by atoms with Crippen molar-refractivity contribution in [3.8, 4) is 0 Å². The first kappa shape index (κ1) is 20.7. The lowest BCUT2D eigenvalue weighted by Gasteiger charge is -2.31. The fourth-order valence-electron chi connectivity index (χ4n) is 3.17. The van der Waals surface area contributed by atoms with Crippen molar-refractivity contribution in [2.75, 3.05) is 33.7 Å². The van der Waals surface area contributed by atoms with Crippen LogP contribution in [0.4, 0.5) is 0 Å². The van der Waals surface area contributed by atoms with Crippen molar-refractivity contribution in [2.24, 2.45) is 4.99 Å². The Morgan fingerprint density at radius 1 is 1.27 bits per heavy atom. The van der Waals surface area contributed by atoms with Gasteiger partial charge in [-0.05, 0) is 53.8 Å². The summed E-state index contributed by atoms with van der Waals surface area (Å²) in [6.45, 7) is 12.6. The normalized spacial score (nSPS) is 22.0. The number of nitrogens with one attached hydrogen (secondary N) is 2. The second-order valence-electron chi connectivity index (χ2n) is 8.24. The van der Waals surface area contributed by atoms with Gasteiger partial charge in [-0.1, -0.05) is 30.3 Å². The summed E-state index contributed by atoms with van der Waals surface area (Å²) in [6, 6.07) is 11.8. The van der Waals surface area contributed by atoms with E-state index in [0.29, 0.717) is 12.1 Å². The van der Waals surface area contributed by atoms with Crippen LogP contribution < -0.4 is 10.6 Å². The number of hydrogen-bond donors (Lipinski definition) is 2. The fourth-order valence-corrected chi connectivity index (χ4v) is 3.17. The van der Waals surface area contributed by atoms with Gasteiger partial charge in [0, 0.05) is 37.3 Å². The molecule has 1 aromatic rings. The van der Waals surface area contributed by atoms with Gasteiger partial charge in [-0.2, -0.15) is 0 Å². The molecule has 0 radical (unpaired) electrons. The van der Waals surface area contributed by atoms with E-state index in [1.807, 2.05) is 0 Å². The van der Waals surface area contributed by atoms with Crippen LogP contribution >= 0.6 is 0 Å². The molecule has 1 aromatic carbocycles. The molecule has 2 rings (SSSR count). The number of benzene rings is 1. The average Bonchev–Trinajstić information content (AvgIpc) is 2.93. The molecule has 0 aromatic heterocycles. The number of hydrogen-bond acceptors (Lipinski definition) is 3. The van der Waals surface area contributed by atoms with Gasteiger partial charge in [-0.3, -0.25) is 9.89 Å². The Labute approximate surface area is 159 Å². The van der Waals surface area contributed by atoms with E-state index in [0.717, 1.165) is 38.6 Å². The van der Waals surface area contributed by atoms with E-state index < -0.39 is 0 Å². The third kappa shape index (κ3) is 5.99. The largest absolute Gasteiger partial charge is 0.357 e. The Balaban J connectivity index is 1.94. The standard InChI is InChI=1S/C21H37N5/c1-7-22-20(23-16-21(3,4)25(5)6)24-19-13-17(2)26(15-19)14-18-11-9-8-10-12-18/h8-12,17,19H,7,13-16H2,1-6H3,(H2,22,23,24). The number of rotatable bonds is 7. The van der Waals surface area contributed by atoms with Gasteiger partial charge in [-0.15, -0.1) is 0 Å². The van der Waals surface area contributed by atoms with Crippen molar-refractivity contribution in [1.82, 2.24) is 20.4 Å². The van der Waals surface area contributed by atoms with Crippen LogP contribution in [0.25, 0.3) is 0 Å². The lowest BCUT2D eigenvalue weighted by molar-refractivity contribution is 0.204. The third-order valence-corrected chi connectivity index (χ3v) is 5.45. The summed E-state index contributed by atoms with van der Waals surface area (Å²) in [4.78, 5) is 9.62. The summed E-state index contributed by atoms with van der Waals surface area (Å²) in [7, 11) is 4.21. The van der Waals surface area contributed by atoms with Crippen molar-refractivity contribution in [3.63, 3.8) is 0 Å². The molecule has 1 saturated heterocycles. The molecular formula is C21H37N5. The van der Waals surface area contributed by atoms with E-state index in [9.17, 15) is 0 Å².